The van der Waals surface area contributed by atoms with Crippen molar-refractivity contribution in [1.29, 1.82) is 0 Å². The zero-order chi connectivity index (χ0) is 23.4. The van der Waals surface area contributed by atoms with Gasteiger partial charge in [0.05, 0.1) is 10.7 Å². The average Bonchev–Trinajstić information content (AvgIpc) is 3.16. The standard InChI is InChI=1S/C26H28ClN3O2S/c1-17-24(33-18(2)28-17)26(32)30(22-15-13-20(27)14-16-22)23(19-9-5-3-6-10-19)25(31)29-21-11-7-4-8-12-21/h3,5-6,9-10,13-16,21,23H,4,7-8,11-12H2,1-2H3,(H,29,31). The molecule has 33 heavy (non-hydrogen) atoms. The third-order valence-electron chi connectivity index (χ3n) is 5.99. The first-order valence-electron chi connectivity index (χ1n) is 11.3. The zero-order valence-electron chi connectivity index (χ0n) is 18.9. The molecule has 2 aromatic carbocycles. The summed E-state index contributed by atoms with van der Waals surface area (Å²) in [5, 5.41) is 4.62. The zero-order valence-corrected chi connectivity index (χ0v) is 20.5. The van der Waals surface area contributed by atoms with Gasteiger partial charge in [-0.15, -0.1) is 11.3 Å². The maximum absolute atomic E-state index is 14.0. The highest BCUT2D eigenvalue weighted by atomic mass is 35.5. The molecule has 0 spiro atoms. The van der Waals surface area contributed by atoms with Crippen LogP contribution in [-0.2, 0) is 4.79 Å². The van der Waals surface area contributed by atoms with Gasteiger partial charge in [0.1, 0.15) is 10.9 Å². The Morgan fingerprint density at radius 1 is 1.03 bits per heavy atom. The van der Waals surface area contributed by atoms with Gasteiger partial charge < -0.3 is 5.32 Å². The minimum absolute atomic E-state index is 0.131. The average molecular weight is 482 g/mol. The van der Waals surface area contributed by atoms with Gasteiger partial charge in [0, 0.05) is 16.8 Å². The number of halogens is 1. The van der Waals surface area contributed by atoms with Gasteiger partial charge in [0.2, 0.25) is 5.91 Å². The van der Waals surface area contributed by atoms with Gasteiger partial charge >= 0.3 is 0 Å². The first-order valence-corrected chi connectivity index (χ1v) is 12.5. The Morgan fingerprint density at radius 3 is 2.30 bits per heavy atom. The molecule has 0 saturated heterocycles. The summed E-state index contributed by atoms with van der Waals surface area (Å²) in [7, 11) is 0. The summed E-state index contributed by atoms with van der Waals surface area (Å²) >= 11 is 7.49. The topological polar surface area (TPSA) is 62.3 Å². The summed E-state index contributed by atoms with van der Waals surface area (Å²) in [5.41, 5.74) is 2.04. The Kier molecular flexibility index (Phi) is 7.46. The third-order valence-corrected chi connectivity index (χ3v) is 7.31. The molecule has 1 unspecified atom stereocenters. The molecule has 1 aliphatic rings. The van der Waals surface area contributed by atoms with Gasteiger partial charge in [0.15, 0.2) is 0 Å². The van der Waals surface area contributed by atoms with Gasteiger partial charge in [-0.25, -0.2) is 4.98 Å². The highest BCUT2D eigenvalue weighted by Gasteiger charge is 2.35. The number of hydrogen-bond acceptors (Lipinski definition) is 4. The number of thiazole rings is 1. The minimum atomic E-state index is -0.816. The van der Waals surface area contributed by atoms with Crippen LogP contribution in [0.15, 0.2) is 54.6 Å². The molecule has 1 fully saturated rings. The fraction of sp³-hybridized carbons (Fsp3) is 0.346. The quantitative estimate of drug-likeness (QED) is 0.452. The van der Waals surface area contributed by atoms with Crippen molar-refractivity contribution in [2.24, 2.45) is 0 Å². The molecule has 1 aromatic heterocycles. The predicted molar refractivity (Wildman–Crippen MR) is 134 cm³/mol. The number of aromatic nitrogens is 1. The van der Waals surface area contributed by atoms with Crippen LogP contribution in [0.25, 0.3) is 0 Å². The Balaban J connectivity index is 1.79. The fourth-order valence-electron chi connectivity index (χ4n) is 4.40. The number of amides is 2. The summed E-state index contributed by atoms with van der Waals surface area (Å²) in [6.45, 7) is 3.71. The third kappa shape index (κ3) is 5.45. The van der Waals surface area contributed by atoms with Crippen molar-refractivity contribution in [1.82, 2.24) is 10.3 Å². The SMILES string of the molecule is Cc1nc(C)c(C(=O)N(c2ccc(Cl)cc2)C(C(=O)NC2CCCCC2)c2ccccc2)s1. The van der Waals surface area contributed by atoms with E-state index in [1.54, 1.807) is 29.2 Å². The number of anilines is 1. The molecule has 1 saturated carbocycles. The Hall–Kier alpha value is -2.70. The molecular formula is C26H28ClN3O2S. The van der Waals surface area contributed by atoms with Gasteiger partial charge in [-0.1, -0.05) is 61.2 Å². The van der Waals surface area contributed by atoms with E-state index in [4.69, 9.17) is 11.6 Å². The maximum Gasteiger partial charge on any atom is 0.271 e. The number of nitrogens with one attached hydrogen (secondary N) is 1. The maximum atomic E-state index is 14.0. The monoisotopic (exact) mass is 481 g/mol. The van der Waals surface area contributed by atoms with Crippen molar-refractivity contribution in [2.75, 3.05) is 4.90 Å². The highest BCUT2D eigenvalue weighted by Crippen LogP contribution is 2.33. The number of benzene rings is 2. The second-order valence-corrected chi connectivity index (χ2v) is 10.1. The number of aryl methyl sites for hydroxylation is 2. The van der Waals surface area contributed by atoms with Gasteiger partial charge in [-0.2, -0.15) is 0 Å². The molecule has 1 N–H and O–H groups in total. The molecule has 1 heterocycles. The lowest BCUT2D eigenvalue weighted by Crippen LogP contribution is -2.47. The lowest BCUT2D eigenvalue weighted by Gasteiger charge is -2.33. The van der Waals surface area contributed by atoms with Crippen LogP contribution in [0.3, 0.4) is 0 Å². The number of nitrogens with zero attached hydrogens (tertiary/aromatic N) is 2. The number of rotatable bonds is 6. The Bertz CT molecular complexity index is 1110. The van der Waals surface area contributed by atoms with Gasteiger partial charge in [0.25, 0.3) is 5.91 Å². The highest BCUT2D eigenvalue weighted by molar-refractivity contribution is 7.13. The Morgan fingerprint density at radius 2 is 1.70 bits per heavy atom. The van der Waals surface area contributed by atoms with Crippen LogP contribution >= 0.6 is 22.9 Å². The molecule has 2 amide bonds. The molecule has 4 rings (SSSR count). The molecule has 0 radical (unpaired) electrons. The number of hydrogen-bond donors (Lipinski definition) is 1. The number of carbonyl (C=O) groups excluding carboxylic acids is 2. The lowest BCUT2D eigenvalue weighted by molar-refractivity contribution is -0.123. The van der Waals surface area contributed by atoms with E-state index in [0.717, 1.165) is 36.3 Å². The van der Waals surface area contributed by atoms with E-state index in [1.807, 2.05) is 44.2 Å². The molecule has 172 valence electrons. The normalized spacial score (nSPS) is 15.1. The van der Waals surface area contributed by atoms with Crippen LogP contribution in [-0.4, -0.2) is 22.8 Å². The lowest BCUT2D eigenvalue weighted by atomic mass is 9.94. The summed E-state index contributed by atoms with van der Waals surface area (Å²) in [6.07, 6.45) is 5.36. The van der Waals surface area contributed by atoms with E-state index >= 15 is 0 Å². The largest absolute Gasteiger partial charge is 0.351 e. The van der Waals surface area contributed by atoms with Crippen molar-refractivity contribution < 1.29 is 9.59 Å². The molecule has 1 atom stereocenters. The number of carbonyl (C=O) groups is 2. The molecule has 5 nitrogen and oxygen atoms in total. The van der Waals surface area contributed by atoms with Gasteiger partial charge in [-0.05, 0) is 56.5 Å². The summed E-state index contributed by atoms with van der Waals surface area (Å²) in [5.74, 6) is -0.414. The summed E-state index contributed by atoms with van der Waals surface area (Å²) < 4.78 is 0. The van der Waals surface area contributed by atoms with Crippen molar-refractivity contribution >= 4 is 40.4 Å². The van der Waals surface area contributed by atoms with Crippen LogP contribution in [0.1, 0.15) is 64.1 Å². The minimum Gasteiger partial charge on any atom is -0.351 e. The van der Waals surface area contributed by atoms with Crippen LogP contribution in [0, 0.1) is 13.8 Å². The van der Waals surface area contributed by atoms with E-state index < -0.39 is 6.04 Å². The van der Waals surface area contributed by atoms with E-state index in [0.29, 0.717) is 21.3 Å². The van der Waals surface area contributed by atoms with E-state index in [-0.39, 0.29) is 17.9 Å². The van der Waals surface area contributed by atoms with Crippen molar-refractivity contribution in [3.05, 3.63) is 80.8 Å². The van der Waals surface area contributed by atoms with E-state index in [1.165, 1.54) is 17.8 Å². The van der Waals surface area contributed by atoms with Crippen LogP contribution in [0.4, 0.5) is 5.69 Å². The first-order chi connectivity index (χ1) is 15.9. The van der Waals surface area contributed by atoms with Crippen molar-refractivity contribution in [2.45, 2.75) is 58.0 Å². The summed E-state index contributed by atoms with van der Waals surface area (Å²) in [6, 6.07) is 15.8. The van der Waals surface area contributed by atoms with Gasteiger partial charge in [-0.3, -0.25) is 14.5 Å². The molecule has 0 bridgehead atoms. The second kappa shape index (κ2) is 10.5. The first kappa shape index (κ1) is 23.5. The van der Waals surface area contributed by atoms with E-state index in [2.05, 4.69) is 10.3 Å². The second-order valence-electron chi connectivity index (χ2n) is 8.46. The molecule has 3 aromatic rings. The Labute approximate surface area is 203 Å². The van der Waals surface area contributed by atoms with Crippen molar-refractivity contribution in [3.63, 3.8) is 0 Å². The van der Waals surface area contributed by atoms with Crippen LogP contribution < -0.4 is 10.2 Å². The van der Waals surface area contributed by atoms with Crippen molar-refractivity contribution in [3.8, 4) is 0 Å². The van der Waals surface area contributed by atoms with E-state index in [9.17, 15) is 9.59 Å². The molecule has 7 heteroatoms. The molecule has 1 aliphatic carbocycles. The van der Waals surface area contributed by atoms with Crippen LogP contribution in [0.5, 0.6) is 0 Å². The predicted octanol–water partition coefficient (Wildman–Crippen LogP) is 6.25. The van der Waals surface area contributed by atoms with Crippen LogP contribution in [0.2, 0.25) is 5.02 Å². The summed E-state index contributed by atoms with van der Waals surface area (Å²) in [4.78, 5) is 34.3. The molecular weight excluding hydrogens is 454 g/mol. The molecule has 0 aliphatic heterocycles. The fourth-order valence-corrected chi connectivity index (χ4v) is 5.39. The smallest absolute Gasteiger partial charge is 0.271 e.